The second-order valence-electron chi connectivity index (χ2n) is 6.95. The number of halogens is 1. The molecule has 4 aromatic rings. The number of carboxylic acids is 1. The van der Waals surface area contributed by atoms with E-state index in [4.69, 9.17) is 11.6 Å². The summed E-state index contributed by atoms with van der Waals surface area (Å²) in [7, 11) is 0. The number of aromatic carboxylic acids is 1. The molecule has 4 rings (SSSR count). The fraction of sp³-hybridized carbons (Fsp3) is 0.136. The minimum atomic E-state index is -1.08. The molecule has 0 aliphatic carbocycles. The van der Waals surface area contributed by atoms with Crippen LogP contribution in [-0.2, 0) is 0 Å². The maximum absolute atomic E-state index is 11.4. The van der Waals surface area contributed by atoms with Gasteiger partial charge in [-0.25, -0.2) is 14.8 Å². The molecule has 2 aromatic carbocycles. The van der Waals surface area contributed by atoms with Gasteiger partial charge in [0, 0.05) is 16.6 Å². The third-order valence-electron chi connectivity index (χ3n) is 4.72. The molecule has 0 saturated carbocycles. The lowest BCUT2D eigenvalue weighted by Crippen LogP contribution is -2.00. The van der Waals surface area contributed by atoms with Gasteiger partial charge in [-0.15, -0.1) is 11.3 Å². The zero-order chi connectivity index (χ0) is 20.5. The maximum Gasteiger partial charge on any atom is 0.337 e. The molecule has 2 N–H and O–H groups in total. The van der Waals surface area contributed by atoms with Gasteiger partial charge in [0.05, 0.1) is 16.0 Å². The molecule has 0 unspecified atom stereocenters. The number of nitrogens with zero attached hydrogens (tertiary/aromatic N) is 2. The van der Waals surface area contributed by atoms with Crippen LogP contribution in [0.15, 0.2) is 54.2 Å². The van der Waals surface area contributed by atoms with Crippen molar-refractivity contribution < 1.29 is 9.90 Å². The van der Waals surface area contributed by atoms with E-state index in [0.29, 0.717) is 17.4 Å². The average Bonchev–Trinajstić information content (AvgIpc) is 3.14. The lowest BCUT2D eigenvalue weighted by molar-refractivity contribution is 0.0697. The fourth-order valence-electron chi connectivity index (χ4n) is 3.13. The van der Waals surface area contributed by atoms with E-state index >= 15 is 0 Å². The topological polar surface area (TPSA) is 75.1 Å². The molecule has 0 bridgehead atoms. The van der Waals surface area contributed by atoms with Crippen molar-refractivity contribution in [3.05, 3.63) is 70.3 Å². The van der Waals surface area contributed by atoms with E-state index in [2.05, 4.69) is 58.8 Å². The van der Waals surface area contributed by atoms with E-state index in [1.807, 2.05) is 0 Å². The van der Waals surface area contributed by atoms with Crippen molar-refractivity contribution in [2.45, 2.75) is 19.8 Å². The van der Waals surface area contributed by atoms with Crippen LogP contribution in [0.25, 0.3) is 21.3 Å². The average molecular weight is 424 g/mol. The Morgan fingerprint density at radius 2 is 1.90 bits per heavy atom. The monoisotopic (exact) mass is 423 g/mol. The third kappa shape index (κ3) is 3.81. The van der Waals surface area contributed by atoms with Crippen molar-refractivity contribution in [1.82, 2.24) is 9.97 Å². The summed E-state index contributed by atoms with van der Waals surface area (Å²) in [5.74, 6) is 0.0166. The minimum absolute atomic E-state index is 0.0387. The van der Waals surface area contributed by atoms with Crippen LogP contribution in [0.1, 0.15) is 35.7 Å². The van der Waals surface area contributed by atoms with Crippen LogP contribution in [0.4, 0.5) is 11.5 Å². The molecule has 0 radical (unpaired) electrons. The first kappa shape index (κ1) is 19.4. The number of anilines is 2. The molecule has 7 heteroatoms. The first-order valence-electron chi connectivity index (χ1n) is 9.06. The van der Waals surface area contributed by atoms with Gasteiger partial charge in [-0.2, -0.15) is 0 Å². The Morgan fingerprint density at radius 1 is 1.14 bits per heavy atom. The van der Waals surface area contributed by atoms with Crippen LogP contribution in [-0.4, -0.2) is 21.0 Å². The second-order valence-corrected chi connectivity index (χ2v) is 8.22. The highest BCUT2D eigenvalue weighted by Crippen LogP contribution is 2.38. The number of fused-ring (bicyclic) bond motifs is 1. The summed E-state index contributed by atoms with van der Waals surface area (Å²) in [4.78, 5) is 21.0. The van der Waals surface area contributed by atoms with Gasteiger partial charge in [0.1, 0.15) is 17.0 Å². The van der Waals surface area contributed by atoms with Crippen LogP contribution in [0.3, 0.4) is 0 Å². The smallest absolute Gasteiger partial charge is 0.337 e. The summed E-state index contributed by atoms with van der Waals surface area (Å²) in [6.45, 7) is 4.34. The van der Waals surface area contributed by atoms with Gasteiger partial charge in [-0.05, 0) is 35.2 Å². The van der Waals surface area contributed by atoms with Crippen LogP contribution >= 0.6 is 22.9 Å². The molecule has 2 aromatic heterocycles. The number of carbonyl (C=O) groups is 1. The highest BCUT2D eigenvalue weighted by atomic mass is 35.5. The summed E-state index contributed by atoms with van der Waals surface area (Å²) in [6.07, 6.45) is 1.50. The van der Waals surface area contributed by atoms with Gasteiger partial charge in [-0.1, -0.05) is 49.7 Å². The molecule has 0 aliphatic heterocycles. The second kappa shape index (κ2) is 7.81. The van der Waals surface area contributed by atoms with E-state index in [9.17, 15) is 9.90 Å². The molecule has 0 amide bonds. The summed E-state index contributed by atoms with van der Waals surface area (Å²) in [6, 6.07) is 13.3. The third-order valence-corrected chi connectivity index (χ3v) is 5.93. The van der Waals surface area contributed by atoms with E-state index < -0.39 is 5.97 Å². The standard InChI is InChI=1S/C22H18ClN3O2S/c1-12(2)13-3-5-14(6-4-13)17-10-29-21-19(17)20(24-11-25-21)26-15-7-8-18(23)16(9-15)22(27)28/h3-12H,1-2H3,(H,27,28)(H,24,25,26). The highest BCUT2D eigenvalue weighted by molar-refractivity contribution is 7.17. The molecule has 2 heterocycles. The molecule has 5 nitrogen and oxygen atoms in total. The molecule has 146 valence electrons. The van der Waals surface area contributed by atoms with Gasteiger partial charge in [-0.3, -0.25) is 0 Å². The first-order chi connectivity index (χ1) is 13.9. The Balaban J connectivity index is 1.77. The van der Waals surface area contributed by atoms with Gasteiger partial charge in [0.25, 0.3) is 0 Å². The normalized spacial score (nSPS) is 11.2. The predicted molar refractivity (Wildman–Crippen MR) is 119 cm³/mol. The Labute approximate surface area is 177 Å². The highest BCUT2D eigenvalue weighted by Gasteiger charge is 2.15. The fourth-order valence-corrected chi connectivity index (χ4v) is 4.25. The van der Waals surface area contributed by atoms with Gasteiger partial charge < -0.3 is 10.4 Å². The number of benzene rings is 2. The molecule has 0 saturated heterocycles. The van der Waals surface area contributed by atoms with Crippen molar-refractivity contribution in [3.63, 3.8) is 0 Å². The quantitative estimate of drug-likeness (QED) is 0.379. The van der Waals surface area contributed by atoms with Gasteiger partial charge in [0.2, 0.25) is 0 Å². The van der Waals surface area contributed by atoms with Crippen molar-refractivity contribution in [2.24, 2.45) is 0 Å². The molecule has 0 fully saturated rings. The van der Waals surface area contributed by atoms with Crippen molar-refractivity contribution in [2.75, 3.05) is 5.32 Å². The van der Waals surface area contributed by atoms with E-state index in [1.54, 1.807) is 23.5 Å². The number of rotatable bonds is 5. The summed E-state index contributed by atoms with van der Waals surface area (Å²) >= 11 is 7.53. The number of nitrogens with one attached hydrogen (secondary N) is 1. The number of hydrogen-bond acceptors (Lipinski definition) is 5. The number of hydrogen-bond donors (Lipinski definition) is 2. The van der Waals surface area contributed by atoms with Crippen LogP contribution in [0.2, 0.25) is 5.02 Å². The molecule has 29 heavy (non-hydrogen) atoms. The molecule has 0 aliphatic rings. The zero-order valence-electron chi connectivity index (χ0n) is 15.8. The number of thiophene rings is 1. The first-order valence-corrected chi connectivity index (χ1v) is 10.3. The van der Waals surface area contributed by atoms with Crippen LogP contribution in [0, 0.1) is 0 Å². The summed E-state index contributed by atoms with van der Waals surface area (Å²) in [5, 5.41) is 15.7. The number of carboxylic acid groups (broad SMARTS) is 1. The maximum atomic E-state index is 11.4. The summed E-state index contributed by atoms with van der Waals surface area (Å²) < 4.78 is 0. The van der Waals surface area contributed by atoms with Crippen molar-refractivity contribution >= 4 is 50.6 Å². The minimum Gasteiger partial charge on any atom is -0.478 e. The Kier molecular flexibility index (Phi) is 5.22. The van der Waals surface area contributed by atoms with Crippen LogP contribution < -0.4 is 5.32 Å². The van der Waals surface area contributed by atoms with E-state index in [0.717, 1.165) is 21.3 Å². The van der Waals surface area contributed by atoms with E-state index in [-0.39, 0.29) is 10.6 Å². The Bertz CT molecular complexity index is 1200. The zero-order valence-corrected chi connectivity index (χ0v) is 17.4. The molecule has 0 atom stereocenters. The SMILES string of the molecule is CC(C)c1ccc(-c2csc3ncnc(Nc4ccc(Cl)c(C(=O)O)c4)c23)cc1. The van der Waals surface area contributed by atoms with Gasteiger partial charge in [0.15, 0.2) is 0 Å². The molecular weight excluding hydrogens is 406 g/mol. The largest absolute Gasteiger partial charge is 0.478 e. The lowest BCUT2D eigenvalue weighted by Gasteiger charge is -2.10. The molecule has 0 spiro atoms. The Morgan fingerprint density at radius 3 is 2.59 bits per heavy atom. The van der Waals surface area contributed by atoms with Crippen LogP contribution in [0.5, 0.6) is 0 Å². The Hall–Kier alpha value is -2.96. The van der Waals surface area contributed by atoms with Crippen molar-refractivity contribution in [1.29, 1.82) is 0 Å². The van der Waals surface area contributed by atoms with Gasteiger partial charge >= 0.3 is 5.97 Å². The lowest BCUT2D eigenvalue weighted by atomic mass is 9.99. The summed E-state index contributed by atoms with van der Waals surface area (Å²) in [5.41, 5.74) is 4.04. The van der Waals surface area contributed by atoms with E-state index in [1.165, 1.54) is 18.0 Å². The predicted octanol–water partition coefficient (Wildman–Crippen LogP) is 6.58. The molecular formula is C22H18ClN3O2S. The van der Waals surface area contributed by atoms with Crippen molar-refractivity contribution in [3.8, 4) is 11.1 Å². The number of aromatic nitrogens is 2.